The van der Waals surface area contributed by atoms with Gasteiger partial charge in [0, 0.05) is 0 Å². The summed E-state index contributed by atoms with van der Waals surface area (Å²) in [6.45, 7) is 0. The molecule has 0 fully saturated rings. The monoisotopic (exact) mass is 129 g/mol. The third-order valence-corrected chi connectivity index (χ3v) is 1.16. The van der Waals surface area contributed by atoms with Crippen molar-refractivity contribution in [3.63, 3.8) is 0 Å². The molecule has 1 rings (SSSR count). The van der Waals surface area contributed by atoms with Crippen LogP contribution in [0.4, 0.5) is 0 Å². The largest absolute Gasteiger partial charge is 0.411 e. The van der Waals surface area contributed by atoms with Gasteiger partial charge in [-0.25, -0.2) is 0 Å². The Kier molecular flexibility index (Phi) is 1.53. The summed E-state index contributed by atoms with van der Waals surface area (Å²) in [6, 6.07) is 0. The van der Waals surface area contributed by atoms with E-state index in [-0.39, 0.29) is 0 Å². The number of rotatable bonds is 1. The summed E-state index contributed by atoms with van der Waals surface area (Å²) >= 11 is 1.18. The summed E-state index contributed by atoms with van der Waals surface area (Å²) in [6.07, 6.45) is 2.80. The van der Waals surface area contributed by atoms with Crippen LogP contribution in [-0.4, -0.2) is 21.0 Å². The minimum atomic E-state index is 0.743. The quantitative estimate of drug-likeness (QED) is 0.338. The molecule has 0 radical (unpaired) electrons. The zero-order chi connectivity index (χ0) is 5.82. The molecule has 0 amide bonds. The molecule has 0 bridgehead atoms. The summed E-state index contributed by atoms with van der Waals surface area (Å²) in [5.41, 5.74) is 0. The van der Waals surface area contributed by atoms with Crippen LogP contribution < -0.4 is 0 Å². The summed E-state index contributed by atoms with van der Waals surface area (Å²) in [7, 11) is 0. The molecular formula is C3H3N3OS. The van der Waals surface area contributed by atoms with Gasteiger partial charge in [-0.2, -0.15) is 0 Å². The highest BCUT2D eigenvalue weighted by Gasteiger charge is 1.86. The van der Waals surface area contributed by atoms with Crippen molar-refractivity contribution >= 4 is 17.7 Å². The predicted molar refractivity (Wildman–Crippen MR) is 29.3 cm³/mol. The molecule has 1 aromatic heterocycles. The molecule has 4 nitrogen and oxygen atoms in total. The summed E-state index contributed by atoms with van der Waals surface area (Å²) in [4.78, 5) is 0.743. The Balaban J connectivity index is 2.77. The maximum absolute atomic E-state index is 7.96. The average Bonchev–Trinajstić information content (AvgIpc) is 2.19. The second-order valence-electron chi connectivity index (χ2n) is 1.06. The van der Waals surface area contributed by atoms with E-state index < -0.39 is 0 Å². The van der Waals surface area contributed by atoms with Gasteiger partial charge in [-0.1, -0.05) is 9.64 Å². The Morgan fingerprint density at radius 2 is 2.75 bits per heavy atom. The van der Waals surface area contributed by atoms with Crippen LogP contribution in [0, 0.1) is 0 Å². The lowest BCUT2D eigenvalue weighted by Crippen LogP contribution is -1.68. The third-order valence-electron chi connectivity index (χ3n) is 0.563. The van der Waals surface area contributed by atoms with Crippen molar-refractivity contribution in [3.05, 3.63) is 11.1 Å². The van der Waals surface area contributed by atoms with Crippen molar-refractivity contribution in [1.29, 1.82) is 0 Å². The highest BCUT2D eigenvalue weighted by Crippen LogP contribution is 1.95. The fourth-order valence-corrected chi connectivity index (χ4v) is 0.666. The van der Waals surface area contributed by atoms with Gasteiger partial charge in [0.2, 0.25) is 0 Å². The lowest BCUT2D eigenvalue weighted by atomic mass is 10.6. The van der Waals surface area contributed by atoms with Crippen LogP contribution in [-0.2, 0) is 0 Å². The van der Waals surface area contributed by atoms with Gasteiger partial charge >= 0.3 is 0 Å². The van der Waals surface area contributed by atoms with Crippen molar-refractivity contribution < 1.29 is 5.21 Å². The summed E-state index contributed by atoms with van der Waals surface area (Å²) in [5, 5.41) is 14.2. The van der Waals surface area contributed by atoms with Gasteiger partial charge in [-0.15, -0.1) is 5.10 Å². The molecule has 0 aliphatic rings. The first-order chi connectivity index (χ1) is 3.93. The van der Waals surface area contributed by atoms with Gasteiger partial charge in [0.1, 0.15) is 0 Å². The Morgan fingerprint density at radius 1 is 1.88 bits per heavy atom. The Morgan fingerprint density at radius 3 is 3.25 bits per heavy atom. The van der Waals surface area contributed by atoms with Crippen LogP contribution in [0.15, 0.2) is 11.4 Å². The van der Waals surface area contributed by atoms with E-state index in [1.165, 1.54) is 23.9 Å². The standard InChI is InChI=1S/C3H3N3OS/c7-5-2-3-1-4-6-8-3/h1-2,7H/b5-2-. The van der Waals surface area contributed by atoms with Crippen LogP contribution >= 0.6 is 11.5 Å². The minimum Gasteiger partial charge on any atom is -0.411 e. The maximum atomic E-state index is 7.96. The molecule has 0 spiro atoms. The van der Waals surface area contributed by atoms with E-state index in [2.05, 4.69) is 14.7 Å². The molecule has 0 unspecified atom stereocenters. The van der Waals surface area contributed by atoms with Gasteiger partial charge in [-0.3, -0.25) is 0 Å². The van der Waals surface area contributed by atoms with Gasteiger partial charge in [0.05, 0.1) is 17.3 Å². The molecule has 0 atom stereocenters. The number of hydrogen-bond acceptors (Lipinski definition) is 5. The molecule has 0 aromatic carbocycles. The highest BCUT2D eigenvalue weighted by atomic mass is 32.1. The topological polar surface area (TPSA) is 58.4 Å². The second kappa shape index (κ2) is 2.37. The molecule has 0 aliphatic heterocycles. The molecule has 5 heteroatoms. The van der Waals surface area contributed by atoms with E-state index in [1.807, 2.05) is 0 Å². The third kappa shape index (κ3) is 1.00. The fraction of sp³-hybridized carbons (Fsp3) is 0. The highest BCUT2D eigenvalue weighted by molar-refractivity contribution is 7.07. The van der Waals surface area contributed by atoms with E-state index in [4.69, 9.17) is 5.21 Å². The molecule has 0 saturated carbocycles. The van der Waals surface area contributed by atoms with Crippen molar-refractivity contribution in [2.75, 3.05) is 0 Å². The Hall–Kier alpha value is -0.970. The van der Waals surface area contributed by atoms with Crippen LogP contribution in [0.3, 0.4) is 0 Å². The molecule has 1 aromatic rings. The molecule has 42 valence electrons. The first-order valence-corrected chi connectivity index (χ1v) is 2.65. The van der Waals surface area contributed by atoms with Crippen molar-refractivity contribution in [2.45, 2.75) is 0 Å². The molecule has 0 aliphatic carbocycles. The van der Waals surface area contributed by atoms with Crippen LogP contribution in [0.5, 0.6) is 0 Å². The Labute approximate surface area is 49.6 Å². The number of nitrogens with zero attached hydrogens (tertiary/aromatic N) is 3. The second-order valence-corrected chi connectivity index (χ2v) is 1.88. The van der Waals surface area contributed by atoms with Crippen molar-refractivity contribution in [1.82, 2.24) is 9.59 Å². The zero-order valence-corrected chi connectivity index (χ0v) is 4.67. The first kappa shape index (κ1) is 5.17. The van der Waals surface area contributed by atoms with Crippen LogP contribution in [0.2, 0.25) is 0 Å². The summed E-state index contributed by atoms with van der Waals surface area (Å²) in [5.74, 6) is 0. The molecule has 1 N–H and O–H groups in total. The fourth-order valence-electron chi connectivity index (χ4n) is 0.289. The smallest absolute Gasteiger partial charge is 0.0897 e. The first-order valence-electron chi connectivity index (χ1n) is 1.88. The number of aromatic nitrogens is 2. The number of hydrogen-bond donors (Lipinski definition) is 1. The van der Waals surface area contributed by atoms with Crippen LogP contribution in [0.1, 0.15) is 4.88 Å². The maximum Gasteiger partial charge on any atom is 0.0897 e. The number of oxime groups is 1. The molecular weight excluding hydrogens is 126 g/mol. The van der Waals surface area contributed by atoms with E-state index in [0.29, 0.717) is 0 Å². The lowest BCUT2D eigenvalue weighted by molar-refractivity contribution is 0.322. The normalized spacial score (nSPS) is 10.5. The van der Waals surface area contributed by atoms with Crippen molar-refractivity contribution in [3.8, 4) is 0 Å². The average molecular weight is 129 g/mol. The minimum absolute atomic E-state index is 0.743. The van der Waals surface area contributed by atoms with Crippen molar-refractivity contribution in [2.24, 2.45) is 5.16 Å². The zero-order valence-electron chi connectivity index (χ0n) is 3.85. The predicted octanol–water partition coefficient (Wildman–Crippen LogP) is 0.346. The molecule has 8 heavy (non-hydrogen) atoms. The van der Waals surface area contributed by atoms with E-state index in [1.54, 1.807) is 0 Å². The molecule has 1 heterocycles. The lowest BCUT2D eigenvalue weighted by Gasteiger charge is -1.69. The van der Waals surface area contributed by atoms with E-state index in [0.717, 1.165) is 4.88 Å². The Bertz CT molecular complexity index is 171. The van der Waals surface area contributed by atoms with Gasteiger partial charge in [0.25, 0.3) is 0 Å². The van der Waals surface area contributed by atoms with E-state index in [9.17, 15) is 0 Å². The molecule has 0 saturated heterocycles. The van der Waals surface area contributed by atoms with Gasteiger partial charge in [-0.05, 0) is 11.5 Å². The van der Waals surface area contributed by atoms with Gasteiger partial charge in [0.15, 0.2) is 0 Å². The summed E-state index contributed by atoms with van der Waals surface area (Å²) < 4.78 is 3.53. The van der Waals surface area contributed by atoms with Crippen LogP contribution in [0.25, 0.3) is 0 Å². The van der Waals surface area contributed by atoms with Gasteiger partial charge < -0.3 is 5.21 Å². The van der Waals surface area contributed by atoms with E-state index >= 15 is 0 Å². The SMILES string of the molecule is O/N=C\c1cnns1.